The number of rotatable bonds is 2. The van der Waals surface area contributed by atoms with Crippen molar-refractivity contribution in [1.82, 2.24) is 5.32 Å². The van der Waals surface area contributed by atoms with Crippen LogP contribution >= 0.6 is 11.6 Å². The third-order valence-electron chi connectivity index (χ3n) is 3.19. The Bertz CT molecular complexity index is 531. The molecule has 5 nitrogen and oxygen atoms in total. The molecule has 1 fully saturated rings. The Hall–Kier alpha value is -1.59. The van der Waals surface area contributed by atoms with Gasteiger partial charge in [-0.1, -0.05) is 17.7 Å². The first kappa shape index (κ1) is 13.8. The number of amides is 2. The molecule has 6 heteroatoms. The monoisotopic (exact) mass is 282 g/mol. The Labute approximate surface area is 116 Å². The number of halogens is 1. The summed E-state index contributed by atoms with van der Waals surface area (Å²) in [5, 5.41) is 12.2. The predicted molar refractivity (Wildman–Crippen MR) is 72.0 cm³/mol. The summed E-state index contributed by atoms with van der Waals surface area (Å²) in [5.74, 6) is -0.689. The maximum absolute atomic E-state index is 11.6. The molecule has 2 amide bonds. The maximum Gasteiger partial charge on any atom is 0.249 e. The summed E-state index contributed by atoms with van der Waals surface area (Å²) in [6, 6.07) is 4.63. The number of carbonyl (C=O) groups is 2. The zero-order valence-corrected chi connectivity index (χ0v) is 11.4. The average molecular weight is 283 g/mol. The summed E-state index contributed by atoms with van der Waals surface area (Å²) in [6.07, 6.45) is -0.616. The van der Waals surface area contributed by atoms with Gasteiger partial charge in [0.25, 0.3) is 0 Å². The summed E-state index contributed by atoms with van der Waals surface area (Å²) in [6.45, 7) is 3.44. The van der Waals surface area contributed by atoms with Crippen LogP contribution in [0.5, 0.6) is 0 Å². The lowest BCUT2D eigenvalue weighted by molar-refractivity contribution is -0.132. The number of hydrogen-bond donors (Lipinski definition) is 2. The second-order valence-corrected chi connectivity index (χ2v) is 5.01. The van der Waals surface area contributed by atoms with Crippen LogP contribution in [0.4, 0.5) is 5.69 Å². The van der Waals surface area contributed by atoms with Crippen molar-refractivity contribution in [3.63, 3.8) is 0 Å². The van der Waals surface area contributed by atoms with Gasteiger partial charge in [-0.2, -0.15) is 0 Å². The molecule has 102 valence electrons. The number of carbonyl (C=O) groups excluding carboxylic acids is 2. The number of imide groups is 1. The first-order chi connectivity index (χ1) is 8.90. The highest BCUT2D eigenvalue weighted by atomic mass is 35.5. The Balaban J connectivity index is 2.35. The van der Waals surface area contributed by atoms with E-state index in [9.17, 15) is 14.7 Å². The lowest BCUT2D eigenvalue weighted by Gasteiger charge is -2.34. The number of nitrogens with zero attached hydrogens (tertiary/aromatic N) is 1. The molecule has 0 radical (unpaired) electrons. The van der Waals surface area contributed by atoms with E-state index in [-0.39, 0.29) is 18.4 Å². The van der Waals surface area contributed by atoms with Crippen molar-refractivity contribution in [2.45, 2.75) is 26.0 Å². The van der Waals surface area contributed by atoms with Crippen LogP contribution in [0.3, 0.4) is 0 Å². The number of nitrogens with one attached hydrogen (secondary N) is 1. The highest BCUT2D eigenvalue weighted by Gasteiger charge is 2.31. The second-order valence-electron chi connectivity index (χ2n) is 4.60. The largest absolute Gasteiger partial charge is 0.389 e. The zero-order chi connectivity index (χ0) is 14.2. The Morgan fingerprint density at radius 2 is 2.16 bits per heavy atom. The molecule has 2 rings (SSSR count). The molecule has 1 saturated heterocycles. The van der Waals surface area contributed by atoms with Gasteiger partial charge in [-0.05, 0) is 31.5 Å². The third-order valence-corrected chi connectivity index (χ3v) is 3.49. The van der Waals surface area contributed by atoms with Crippen molar-refractivity contribution >= 4 is 29.1 Å². The van der Waals surface area contributed by atoms with Crippen molar-refractivity contribution in [3.05, 3.63) is 28.8 Å². The van der Waals surface area contributed by atoms with E-state index in [1.807, 2.05) is 0 Å². The number of aliphatic hydroxyl groups is 1. The maximum atomic E-state index is 11.6. The minimum atomic E-state index is -0.616. The summed E-state index contributed by atoms with van der Waals surface area (Å²) < 4.78 is 0. The van der Waals surface area contributed by atoms with Crippen LogP contribution in [0, 0.1) is 0 Å². The third kappa shape index (κ3) is 2.72. The number of piperazine rings is 1. The summed E-state index contributed by atoms with van der Waals surface area (Å²) in [5.41, 5.74) is 1.30. The molecule has 0 aliphatic carbocycles. The molecule has 1 aliphatic rings. The fraction of sp³-hybridized carbons (Fsp3) is 0.385. The summed E-state index contributed by atoms with van der Waals surface area (Å²) in [4.78, 5) is 24.7. The van der Waals surface area contributed by atoms with E-state index in [0.717, 1.165) is 0 Å². The first-order valence-corrected chi connectivity index (χ1v) is 6.36. The van der Waals surface area contributed by atoms with Gasteiger partial charge in [-0.25, -0.2) is 0 Å². The van der Waals surface area contributed by atoms with Crippen molar-refractivity contribution < 1.29 is 14.7 Å². The van der Waals surface area contributed by atoms with Gasteiger partial charge >= 0.3 is 0 Å². The minimum absolute atomic E-state index is 0.0840. The highest BCUT2D eigenvalue weighted by Crippen LogP contribution is 2.30. The highest BCUT2D eigenvalue weighted by molar-refractivity contribution is 6.33. The zero-order valence-electron chi connectivity index (χ0n) is 10.7. The van der Waals surface area contributed by atoms with Gasteiger partial charge in [0.05, 0.1) is 23.4 Å². The molecule has 2 atom stereocenters. The lowest BCUT2D eigenvalue weighted by atomic mass is 10.1. The molecule has 0 bridgehead atoms. The van der Waals surface area contributed by atoms with Gasteiger partial charge < -0.3 is 10.0 Å². The van der Waals surface area contributed by atoms with Crippen LogP contribution in [-0.4, -0.2) is 29.5 Å². The molecule has 0 aromatic heterocycles. The molecule has 19 heavy (non-hydrogen) atoms. The Morgan fingerprint density at radius 1 is 1.47 bits per heavy atom. The van der Waals surface area contributed by atoms with E-state index in [0.29, 0.717) is 16.3 Å². The molecule has 0 spiro atoms. The van der Waals surface area contributed by atoms with Gasteiger partial charge in [0.1, 0.15) is 6.04 Å². The summed E-state index contributed by atoms with van der Waals surface area (Å²) >= 11 is 6.17. The minimum Gasteiger partial charge on any atom is -0.389 e. The fourth-order valence-corrected chi connectivity index (χ4v) is 2.32. The van der Waals surface area contributed by atoms with E-state index >= 15 is 0 Å². The normalized spacial score (nSPS) is 21.3. The van der Waals surface area contributed by atoms with Crippen LogP contribution in [0.15, 0.2) is 18.2 Å². The quantitative estimate of drug-likeness (QED) is 0.801. The predicted octanol–water partition coefficient (Wildman–Crippen LogP) is 1.24. The van der Waals surface area contributed by atoms with Crippen LogP contribution in [0.25, 0.3) is 0 Å². The van der Waals surface area contributed by atoms with Crippen LogP contribution in [0.1, 0.15) is 25.5 Å². The lowest BCUT2D eigenvalue weighted by Crippen LogP contribution is -2.57. The van der Waals surface area contributed by atoms with E-state index < -0.39 is 12.1 Å². The molecule has 1 aromatic carbocycles. The van der Waals surface area contributed by atoms with E-state index in [1.54, 1.807) is 36.9 Å². The topological polar surface area (TPSA) is 69.6 Å². The van der Waals surface area contributed by atoms with E-state index in [1.165, 1.54) is 0 Å². The number of aliphatic hydroxyl groups excluding tert-OH is 1. The average Bonchev–Trinajstić information content (AvgIpc) is 2.33. The molecular formula is C13H15ClN2O3. The van der Waals surface area contributed by atoms with Crippen molar-refractivity contribution in [2.75, 3.05) is 11.4 Å². The van der Waals surface area contributed by atoms with E-state index in [4.69, 9.17) is 11.6 Å². The van der Waals surface area contributed by atoms with Gasteiger partial charge in [0, 0.05) is 0 Å². The molecule has 0 saturated carbocycles. The molecule has 1 aliphatic heterocycles. The van der Waals surface area contributed by atoms with Gasteiger partial charge in [0.15, 0.2) is 0 Å². The smallest absolute Gasteiger partial charge is 0.249 e. The van der Waals surface area contributed by atoms with Crippen LogP contribution < -0.4 is 10.2 Å². The standard InChI is InChI=1S/C13H15ClN2O3/c1-7-13(19)15-12(18)6-16(7)11-4-3-9(8(2)17)5-10(11)14/h3-5,7-8,17H,6H2,1-2H3,(H,15,18,19). The number of anilines is 1. The van der Waals surface area contributed by atoms with Crippen molar-refractivity contribution in [2.24, 2.45) is 0 Å². The molecule has 1 aromatic rings. The van der Waals surface area contributed by atoms with E-state index in [2.05, 4.69) is 5.32 Å². The first-order valence-electron chi connectivity index (χ1n) is 5.98. The SMILES string of the molecule is CC(O)c1ccc(N2CC(=O)NC(=O)C2C)c(Cl)c1. The molecule has 2 N–H and O–H groups in total. The molecular weight excluding hydrogens is 268 g/mol. The Morgan fingerprint density at radius 3 is 2.74 bits per heavy atom. The molecule has 1 heterocycles. The van der Waals surface area contributed by atoms with Crippen molar-refractivity contribution in [1.29, 1.82) is 0 Å². The number of benzene rings is 1. The second kappa shape index (κ2) is 5.19. The van der Waals surface area contributed by atoms with Gasteiger partial charge in [0.2, 0.25) is 11.8 Å². The van der Waals surface area contributed by atoms with Gasteiger partial charge in [-0.3, -0.25) is 14.9 Å². The van der Waals surface area contributed by atoms with Gasteiger partial charge in [-0.15, -0.1) is 0 Å². The van der Waals surface area contributed by atoms with Crippen molar-refractivity contribution in [3.8, 4) is 0 Å². The molecule has 2 unspecified atom stereocenters. The van der Waals surface area contributed by atoms with Crippen LogP contribution in [-0.2, 0) is 9.59 Å². The summed E-state index contributed by atoms with van der Waals surface area (Å²) in [7, 11) is 0. The Kier molecular flexibility index (Phi) is 3.78. The van der Waals surface area contributed by atoms with Crippen LogP contribution in [0.2, 0.25) is 5.02 Å². The number of hydrogen-bond acceptors (Lipinski definition) is 4. The fourth-order valence-electron chi connectivity index (χ4n) is 2.02.